The van der Waals surface area contributed by atoms with Crippen LogP contribution in [0.5, 0.6) is 0 Å². The third-order valence-electron chi connectivity index (χ3n) is 4.09. The van der Waals surface area contributed by atoms with Crippen molar-refractivity contribution < 1.29 is 4.79 Å². The van der Waals surface area contributed by atoms with Crippen molar-refractivity contribution in [3.05, 3.63) is 65.9 Å². The highest BCUT2D eigenvalue weighted by Gasteiger charge is 2.10. The van der Waals surface area contributed by atoms with Crippen molar-refractivity contribution in [3.8, 4) is 11.4 Å². The Morgan fingerprint density at radius 3 is 2.81 bits per heavy atom. The van der Waals surface area contributed by atoms with Crippen molar-refractivity contribution in [2.75, 3.05) is 5.32 Å². The summed E-state index contributed by atoms with van der Waals surface area (Å²) in [7, 11) is 0. The molecule has 130 valence electrons. The molecule has 0 atom stereocenters. The van der Waals surface area contributed by atoms with E-state index in [9.17, 15) is 4.79 Å². The number of pyridine rings is 1. The van der Waals surface area contributed by atoms with E-state index in [2.05, 4.69) is 25.5 Å². The van der Waals surface area contributed by atoms with Crippen LogP contribution in [0.25, 0.3) is 17.0 Å². The summed E-state index contributed by atoms with van der Waals surface area (Å²) in [6.45, 7) is 2.27. The molecule has 0 saturated carbocycles. The van der Waals surface area contributed by atoms with Gasteiger partial charge in [0, 0.05) is 34.9 Å². The summed E-state index contributed by atoms with van der Waals surface area (Å²) < 4.78 is 1.93. The van der Waals surface area contributed by atoms with Crippen molar-refractivity contribution in [2.45, 2.75) is 13.5 Å². The number of nitrogens with one attached hydrogen (secondary N) is 2. The van der Waals surface area contributed by atoms with E-state index in [1.54, 1.807) is 18.3 Å². The number of aromatic nitrogens is 5. The zero-order chi connectivity index (χ0) is 18.1. The first-order valence-corrected chi connectivity index (χ1v) is 8.11. The summed E-state index contributed by atoms with van der Waals surface area (Å²) in [6.07, 6.45) is 3.61. The molecule has 26 heavy (non-hydrogen) atoms. The fourth-order valence-electron chi connectivity index (χ4n) is 2.67. The molecule has 0 aliphatic carbocycles. The minimum atomic E-state index is -0.191. The van der Waals surface area contributed by atoms with Crippen LogP contribution in [-0.4, -0.2) is 30.5 Å². The van der Waals surface area contributed by atoms with Crippen LogP contribution in [-0.2, 0) is 6.54 Å². The summed E-state index contributed by atoms with van der Waals surface area (Å²) in [6, 6.07) is 10.8. The Morgan fingerprint density at radius 2 is 2.08 bits per heavy atom. The van der Waals surface area contributed by atoms with Gasteiger partial charge >= 0.3 is 0 Å². The van der Waals surface area contributed by atoms with Gasteiger partial charge in [-0.05, 0) is 43.3 Å². The van der Waals surface area contributed by atoms with E-state index >= 15 is 0 Å². The first kappa shape index (κ1) is 16.0. The van der Waals surface area contributed by atoms with Crippen LogP contribution in [0.15, 0.2) is 48.8 Å². The highest BCUT2D eigenvalue weighted by Crippen LogP contribution is 2.19. The summed E-state index contributed by atoms with van der Waals surface area (Å²) in [5.41, 5.74) is 9.36. The molecule has 0 bridgehead atoms. The molecule has 0 unspecified atom stereocenters. The molecule has 0 aliphatic rings. The molecular weight excluding hydrogens is 330 g/mol. The van der Waals surface area contributed by atoms with Crippen LogP contribution in [0.3, 0.4) is 0 Å². The van der Waals surface area contributed by atoms with Crippen molar-refractivity contribution in [3.63, 3.8) is 0 Å². The average molecular weight is 347 g/mol. The number of amides is 1. The van der Waals surface area contributed by atoms with Crippen molar-refractivity contribution in [2.24, 2.45) is 5.73 Å². The number of aromatic amines is 1. The number of rotatable bonds is 4. The molecule has 3 aromatic heterocycles. The predicted octanol–water partition coefficient (Wildman–Crippen LogP) is 2.14. The first-order valence-electron chi connectivity index (χ1n) is 8.11. The van der Waals surface area contributed by atoms with E-state index in [0.717, 1.165) is 16.9 Å². The number of fused-ring (bicyclic) bond motifs is 1. The number of aryl methyl sites for hydroxylation is 1. The second-order valence-electron chi connectivity index (χ2n) is 5.88. The number of benzene rings is 1. The Morgan fingerprint density at radius 1 is 1.27 bits per heavy atom. The lowest BCUT2D eigenvalue weighted by Crippen LogP contribution is -2.12. The molecule has 4 aromatic rings. The Labute approximate surface area is 149 Å². The Balaban J connectivity index is 1.51. The maximum absolute atomic E-state index is 12.5. The number of anilines is 1. The maximum Gasteiger partial charge on any atom is 0.255 e. The molecule has 0 fully saturated rings. The van der Waals surface area contributed by atoms with Gasteiger partial charge in [0.25, 0.3) is 5.91 Å². The van der Waals surface area contributed by atoms with Crippen LogP contribution in [0.2, 0.25) is 0 Å². The topological polar surface area (TPSA) is 114 Å². The third kappa shape index (κ3) is 2.93. The molecule has 1 amide bonds. The molecule has 0 spiro atoms. The number of hydrogen-bond donors (Lipinski definition) is 3. The number of carbonyl (C=O) groups excluding carboxylic acids is 1. The fraction of sp³-hybridized carbons (Fsp3) is 0.111. The summed E-state index contributed by atoms with van der Waals surface area (Å²) >= 11 is 0. The Hall–Kier alpha value is -3.52. The van der Waals surface area contributed by atoms with Gasteiger partial charge in [-0.15, -0.1) is 0 Å². The third-order valence-corrected chi connectivity index (χ3v) is 4.09. The monoisotopic (exact) mass is 347 g/mol. The molecule has 4 rings (SSSR count). The fourth-order valence-corrected chi connectivity index (χ4v) is 2.67. The van der Waals surface area contributed by atoms with Gasteiger partial charge in [-0.25, -0.2) is 9.97 Å². The maximum atomic E-state index is 12.5. The van der Waals surface area contributed by atoms with Gasteiger partial charge in [0.15, 0.2) is 5.82 Å². The van der Waals surface area contributed by atoms with Crippen molar-refractivity contribution >= 4 is 17.2 Å². The number of carbonyl (C=O) groups is 1. The number of hydrogen-bond acceptors (Lipinski definition) is 5. The molecular formula is C18H17N7O. The van der Waals surface area contributed by atoms with Gasteiger partial charge in [0.1, 0.15) is 11.5 Å². The smallest absolute Gasteiger partial charge is 0.255 e. The van der Waals surface area contributed by atoms with Gasteiger partial charge in [-0.2, -0.15) is 5.10 Å². The van der Waals surface area contributed by atoms with E-state index in [-0.39, 0.29) is 5.91 Å². The van der Waals surface area contributed by atoms with Crippen LogP contribution >= 0.6 is 0 Å². The largest absolute Gasteiger partial charge is 0.324 e. The molecule has 8 nitrogen and oxygen atoms in total. The molecule has 1 aromatic carbocycles. The number of imidazole rings is 1. The van der Waals surface area contributed by atoms with Crippen molar-refractivity contribution in [1.29, 1.82) is 0 Å². The summed E-state index contributed by atoms with van der Waals surface area (Å²) in [5, 5.41) is 9.77. The Bertz CT molecular complexity index is 1080. The first-order chi connectivity index (χ1) is 12.6. The van der Waals surface area contributed by atoms with Crippen LogP contribution < -0.4 is 11.1 Å². The standard InChI is InChI=1S/C18H17N7O/c1-11-10-20-16-8-13(6-7-25(11)16)18(26)21-14-4-2-12(3-5-14)17-22-15(9-19)23-24-17/h2-8,10H,9,19H2,1H3,(H,21,26)(H,22,23,24). The van der Waals surface area contributed by atoms with Gasteiger partial charge in [-0.3, -0.25) is 9.89 Å². The van der Waals surface area contributed by atoms with Crippen LogP contribution in [0.4, 0.5) is 5.69 Å². The number of nitrogens with two attached hydrogens (primary N) is 1. The minimum absolute atomic E-state index is 0.191. The molecule has 4 N–H and O–H groups in total. The van der Waals surface area contributed by atoms with Gasteiger partial charge < -0.3 is 15.5 Å². The molecule has 0 aliphatic heterocycles. The zero-order valence-electron chi connectivity index (χ0n) is 14.1. The lowest BCUT2D eigenvalue weighted by molar-refractivity contribution is 0.102. The second-order valence-corrected chi connectivity index (χ2v) is 5.88. The quantitative estimate of drug-likeness (QED) is 0.523. The van der Waals surface area contributed by atoms with Gasteiger partial charge in [-0.1, -0.05) is 0 Å². The van der Waals surface area contributed by atoms with E-state index in [4.69, 9.17) is 5.73 Å². The average Bonchev–Trinajstić information content (AvgIpc) is 3.29. The van der Waals surface area contributed by atoms with Gasteiger partial charge in [0.2, 0.25) is 0 Å². The van der Waals surface area contributed by atoms with E-state index in [1.165, 1.54) is 0 Å². The van der Waals surface area contributed by atoms with Crippen LogP contribution in [0, 0.1) is 6.92 Å². The molecule has 8 heteroatoms. The molecule has 0 saturated heterocycles. The summed E-state index contributed by atoms with van der Waals surface area (Å²) in [5.74, 6) is 1.01. The van der Waals surface area contributed by atoms with Gasteiger partial charge in [0.05, 0.1) is 6.54 Å². The zero-order valence-corrected chi connectivity index (χ0v) is 14.1. The second kappa shape index (κ2) is 6.41. The van der Waals surface area contributed by atoms with E-state index in [1.807, 2.05) is 41.8 Å². The Kier molecular flexibility index (Phi) is 3.94. The van der Waals surface area contributed by atoms with E-state index < -0.39 is 0 Å². The lowest BCUT2D eigenvalue weighted by atomic mass is 10.2. The minimum Gasteiger partial charge on any atom is -0.324 e. The van der Waals surface area contributed by atoms with Crippen molar-refractivity contribution in [1.82, 2.24) is 24.6 Å². The molecule has 3 heterocycles. The normalized spacial score (nSPS) is 11.0. The van der Waals surface area contributed by atoms with Crippen LogP contribution in [0.1, 0.15) is 21.9 Å². The SMILES string of the molecule is Cc1cnc2cc(C(=O)Nc3ccc(-c4n[nH]c(CN)n4)cc3)ccn12. The lowest BCUT2D eigenvalue weighted by Gasteiger charge is -2.06. The molecule has 0 radical (unpaired) electrons. The highest BCUT2D eigenvalue weighted by molar-refractivity contribution is 6.04. The van der Waals surface area contributed by atoms with E-state index in [0.29, 0.717) is 29.4 Å². The highest BCUT2D eigenvalue weighted by atomic mass is 16.1. The number of H-pyrrole nitrogens is 1. The number of nitrogens with zero attached hydrogens (tertiary/aromatic N) is 4. The predicted molar refractivity (Wildman–Crippen MR) is 97.6 cm³/mol. The summed E-state index contributed by atoms with van der Waals surface area (Å²) in [4.78, 5) is 21.0.